The normalized spacial score (nSPS) is 12.6. The van der Waals surface area contributed by atoms with E-state index in [-0.39, 0.29) is 0 Å². The SMILES string of the molecule is C=C/C(=C(N)\C(=C/C)c1cc[nH]c1)c1cccc(-c2ccc(C)cc2)c1. The third kappa shape index (κ3) is 3.55. The number of aromatic amines is 1. The van der Waals surface area contributed by atoms with Gasteiger partial charge in [0.25, 0.3) is 0 Å². The van der Waals surface area contributed by atoms with Gasteiger partial charge in [0, 0.05) is 34.8 Å². The van der Waals surface area contributed by atoms with Crippen molar-refractivity contribution >= 4 is 11.1 Å². The van der Waals surface area contributed by atoms with E-state index in [1.54, 1.807) is 0 Å². The van der Waals surface area contributed by atoms with Crippen molar-refractivity contribution in [1.82, 2.24) is 4.98 Å². The molecule has 2 aromatic carbocycles. The lowest BCUT2D eigenvalue weighted by Gasteiger charge is -2.13. The van der Waals surface area contributed by atoms with Gasteiger partial charge in [-0.25, -0.2) is 0 Å². The fourth-order valence-corrected chi connectivity index (χ4v) is 3.11. The van der Waals surface area contributed by atoms with Crippen molar-refractivity contribution in [2.24, 2.45) is 5.73 Å². The maximum Gasteiger partial charge on any atom is 0.0470 e. The minimum atomic E-state index is 0.725. The third-order valence-corrected chi connectivity index (χ3v) is 4.54. The van der Waals surface area contributed by atoms with Gasteiger partial charge in [-0.2, -0.15) is 0 Å². The van der Waals surface area contributed by atoms with Crippen LogP contribution in [0.4, 0.5) is 0 Å². The first kappa shape index (κ1) is 17.6. The molecule has 26 heavy (non-hydrogen) atoms. The number of hydrogen-bond acceptors (Lipinski definition) is 1. The minimum absolute atomic E-state index is 0.725. The predicted molar refractivity (Wildman–Crippen MR) is 112 cm³/mol. The van der Waals surface area contributed by atoms with Crippen LogP contribution < -0.4 is 5.73 Å². The van der Waals surface area contributed by atoms with Gasteiger partial charge >= 0.3 is 0 Å². The first-order valence-electron chi connectivity index (χ1n) is 8.73. The second-order valence-electron chi connectivity index (χ2n) is 6.28. The summed E-state index contributed by atoms with van der Waals surface area (Å²) in [5, 5.41) is 0. The highest BCUT2D eigenvalue weighted by molar-refractivity contribution is 5.92. The number of H-pyrrole nitrogens is 1. The Morgan fingerprint density at radius 2 is 1.77 bits per heavy atom. The highest BCUT2D eigenvalue weighted by atomic mass is 14.6. The lowest BCUT2D eigenvalue weighted by atomic mass is 9.94. The molecule has 0 amide bonds. The second kappa shape index (κ2) is 7.75. The molecule has 2 nitrogen and oxygen atoms in total. The van der Waals surface area contributed by atoms with E-state index in [1.165, 1.54) is 16.7 Å². The molecule has 0 aliphatic carbocycles. The van der Waals surface area contributed by atoms with Gasteiger partial charge in [0.15, 0.2) is 0 Å². The summed E-state index contributed by atoms with van der Waals surface area (Å²) in [6.45, 7) is 8.09. The zero-order valence-corrected chi connectivity index (χ0v) is 15.3. The van der Waals surface area contributed by atoms with Crippen LogP contribution in [0, 0.1) is 6.92 Å². The first-order valence-corrected chi connectivity index (χ1v) is 8.73. The Hall–Kier alpha value is -3.26. The number of nitrogens with one attached hydrogen (secondary N) is 1. The van der Waals surface area contributed by atoms with E-state index >= 15 is 0 Å². The molecule has 130 valence electrons. The van der Waals surface area contributed by atoms with E-state index in [4.69, 9.17) is 5.73 Å². The Morgan fingerprint density at radius 3 is 2.38 bits per heavy atom. The lowest BCUT2D eigenvalue weighted by Crippen LogP contribution is -2.04. The van der Waals surface area contributed by atoms with Crippen LogP contribution in [0.3, 0.4) is 0 Å². The van der Waals surface area contributed by atoms with Gasteiger partial charge in [-0.1, -0.05) is 66.8 Å². The molecule has 1 aromatic heterocycles. The zero-order chi connectivity index (χ0) is 18.5. The first-order chi connectivity index (χ1) is 12.6. The smallest absolute Gasteiger partial charge is 0.0470 e. The molecule has 0 aliphatic rings. The highest BCUT2D eigenvalue weighted by Crippen LogP contribution is 2.30. The van der Waals surface area contributed by atoms with Gasteiger partial charge < -0.3 is 10.7 Å². The van der Waals surface area contributed by atoms with Crippen LogP contribution in [0.25, 0.3) is 22.3 Å². The molecule has 1 heterocycles. The number of aromatic nitrogens is 1. The molecule has 0 saturated heterocycles. The quantitative estimate of drug-likeness (QED) is 0.554. The Balaban J connectivity index is 2.07. The van der Waals surface area contributed by atoms with Crippen molar-refractivity contribution in [1.29, 1.82) is 0 Å². The van der Waals surface area contributed by atoms with Crippen LogP contribution in [0.5, 0.6) is 0 Å². The van der Waals surface area contributed by atoms with Gasteiger partial charge in [0.2, 0.25) is 0 Å². The Kier molecular flexibility index (Phi) is 5.23. The number of hydrogen-bond donors (Lipinski definition) is 2. The molecule has 3 N–H and O–H groups in total. The van der Waals surface area contributed by atoms with Crippen molar-refractivity contribution in [3.63, 3.8) is 0 Å². The summed E-state index contributed by atoms with van der Waals surface area (Å²) < 4.78 is 0. The summed E-state index contributed by atoms with van der Waals surface area (Å²) >= 11 is 0. The fraction of sp³-hybridized carbons (Fsp3) is 0.0833. The van der Waals surface area contributed by atoms with Crippen molar-refractivity contribution < 1.29 is 0 Å². The summed E-state index contributed by atoms with van der Waals surface area (Å²) in [5.74, 6) is 0. The molecule has 2 heteroatoms. The van der Waals surface area contributed by atoms with Crippen molar-refractivity contribution in [2.75, 3.05) is 0 Å². The Morgan fingerprint density at radius 1 is 1.00 bits per heavy atom. The molecule has 0 bridgehead atoms. The average Bonchev–Trinajstić information content (AvgIpc) is 3.18. The van der Waals surface area contributed by atoms with Crippen molar-refractivity contribution in [3.8, 4) is 11.1 Å². The molecular formula is C24H24N2. The molecule has 0 fully saturated rings. The Bertz CT molecular complexity index is 956. The molecule has 0 saturated carbocycles. The van der Waals surface area contributed by atoms with Gasteiger partial charge in [-0.05, 0) is 42.7 Å². The largest absolute Gasteiger partial charge is 0.398 e. The zero-order valence-electron chi connectivity index (χ0n) is 15.3. The number of nitrogens with two attached hydrogens (primary N) is 1. The molecule has 0 aliphatic heterocycles. The third-order valence-electron chi connectivity index (χ3n) is 4.54. The maximum atomic E-state index is 6.54. The van der Waals surface area contributed by atoms with Crippen molar-refractivity contribution in [3.05, 3.63) is 108 Å². The standard InChI is InChI=1S/C24H24N2/c1-4-22(24(25)23(5-2)21-13-14-26-16-21)20-8-6-7-19(15-20)18-11-9-17(3)10-12-18/h4-16,26H,1,25H2,2-3H3/b23-5-,24-22-. The van der Waals surface area contributed by atoms with Crippen LogP contribution >= 0.6 is 0 Å². The fourth-order valence-electron chi connectivity index (χ4n) is 3.11. The van der Waals surface area contributed by atoms with Crippen molar-refractivity contribution in [2.45, 2.75) is 13.8 Å². The van der Waals surface area contributed by atoms with Crippen LogP contribution in [-0.4, -0.2) is 4.98 Å². The van der Waals surface area contributed by atoms with Crippen LogP contribution in [0.15, 0.2) is 91.4 Å². The molecule has 0 radical (unpaired) electrons. The summed E-state index contributed by atoms with van der Waals surface area (Å²) in [4.78, 5) is 3.09. The molecule has 0 atom stereocenters. The van der Waals surface area contributed by atoms with E-state index in [2.05, 4.69) is 67.0 Å². The summed E-state index contributed by atoms with van der Waals surface area (Å²) in [6, 6.07) is 19.0. The van der Waals surface area contributed by atoms with Gasteiger partial charge in [0.05, 0.1) is 0 Å². The maximum absolute atomic E-state index is 6.54. The van der Waals surface area contributed by atoms with E-state index in [0.717, 1.165) is 28.0 Å². The molecular weight excluding hydrogens is 316 g/mol. The number of allylic oxidation sites excluding steroid dienone is 4. The molecule has 0 spiro atoms. The van der Waals surface area contributed by atoms with Crippen LogP contribution in [0.1, 0.15) is 23.6 Å². The number of rotatable bonds is 5. The average molecular weight is 340 g/mol. The molecule has 0 unspecified atom stereocenters. The van der Waals surface area contributed by atoms with Gasteiger partial charge in [-0.15, -0.1) is 0 Å². The predicted octanol–water partition coefficient (Wildman–Crippen LogP) is 5.95. The summed E-state index contributed by atoms with van der Waals surface area (Å²) in [6.07, 6.45) is 7.72. The monoisotopic (exact) mass is 340 g/mol. The lowest BCUT2D eigenvalue weighted by molar-refractivity contribution is 1.38. The highest BCUT2D eigenvalue weighted by Gasteiger charge is 2.11. The minimum Gasteiger partial charge on any atom is -0.398 e. The van der Waals surface area contributed by atoms with E-state index in [1.807, 2.05) is 37.5 Å². The summed E-state index contributed by atoms with van der Waals surface area (Å²) in [7, 11) is 0. The molecule has 3 aromatic rings. The number of aryl methyl sites for hydroxylation is 1. The van der Waals surface area contributed by atoms with Crippen LogP contribution in [0.2, 0.25) is 0 Å². The van der Waals surface area contributed by atoms with Gasteiger partial charge in [0.1, 0.15) is 0 Å². The van der Waals surface area contributed by atoms with E-state index in [9.17, 15) is 0 Å². The summed E-state index contributed by atoms with van der Waals surface area (Å²) in [5.41, 5.74) is 14.9. The van der Waals surface area contributed by atoms with Crippen LogP contribution in [-0.2, 0) is 0 Å². The van der Waals surface area contributed by atoms with Gasteiger partial charge in [-0.3, -0.25) is 0 Å². The number of benzene rings is 2. The topological polar surface area (TPSA) is 41.8 Å². The van der Waals surface area contributed by atoms with E-state index < -0.39 is 0 Å². The van der Waals surface area contributed by atoms with E-state index in [0.29, 0.717) is 0 Å². The second-order valence-corrected chi connectivity index (χ2v) is 6.28. The Labute approximate surface area is 155 Å². The molecule has 3 rings (SSSR count).